The summed E-state index contributed by atoms with van der Waals surface area (Å²) in [6.45, 7) is 12.4. The molecule has 0 saturated carbocycles. The maximum atomic E-state index is 12.5. The summed E-state index contributed by atoms with van der Waals surface area (Å²) < 4.78 is 0. The SMILES string of the molecule is CCN(CC(C)C#N)C(=O)CN1CCN(Cc2cccc(C)c2)CC1. The number of hydrogen-bond donors (Lipinski definition) is 0. The molecule has 0 aromatic heterocycles. The molecule has 0 bridgehead atoms. The number of nitriles is 1. The highest BCUT2D eigenvalue weighted by Crippen LogP contribution is 2.11. The van der Waals surface area contributed by atoms with Gasteiger partial charge in [-0.25, -0.2) is 0 Å². The fourth-order valence-corrected chi connectivity index (χ4v) is 3.24. The number of rotatable bonds is 7. The zero-order chi connectivity index (χ0) is 18.2. The predicted molar refractivity (Wildman–Crippen MR) is 99.9 cm³/mol. The molecular formula is C20H30N4O. The van der Waals surface area contributed by atoms with Gasteiger partial charge in [-0.15, -0.1) is 0 Å². The number of likely N-dealkylation sites (N-methyl/N-ethyl adjacent to an activating group) is 1. The van der Waals surface area contributed by atoms with E-state index in [0.717, 1.165) is 32.7 Å². The number of piperazine rings is 1. The summed E-state index contributed by atoms with van der Waals surface area (Å²) in [4.78, 5) is 18.9. The van der Waals surface area contributed by atoms with E-state index in [4.69, 9.17) is 5.26 Å². The van der Waals surface area contributed by atoms with Crippen LogP contribution in [0.5, 0.6) is 0 Å². The Labute approximate surface area is 151 Å². The number of carbonyl (C=O) groups excluding carboxylic acids is 1. The van der Waals surface area contributed by atoms with Crippen molar-refractivity contribution < 1.29 is 4.79 Å². The van der Waals surface area contributed by atoms with Gasteiger partial charge < -0.3 is 4.90 Å². The van der Waals surface area contributed by atoms with Gasteiger partial charge in [-0.2, -0.15) is 5.26 Å². The molecule has 25 heavy (non-hydrogen) atoms. The van der Waals surface area contributed by atoms with E-state index in [1.807, 2.05) is 13.8 Å². The lowest BCUT2D eigenvalue weighted by atomic mass is 10.1. The molecule has 1 unspecified atom stereocenters. The van der Waals surface area contributed by atoms with Gasteiger partial charge in [0.2, 0.25) is 5.91 Å². The Balaban J connectivity index is 1.77. The van der Waals surface area contributed by atoms with Crippen molar-refractivity contribution in [3.63, 3.8) is 0 Å². The first-order valence-corrected chi connectivity index (χ1v) is 9.19. The van der Waals surface area contributed by atoms with Crippen LogP contribution in [0.2, 0.25) is 0 Å². The molecule has 1 aliphatic heterocycles. The zero-order valence-corrected chi connectivity index (χ0v) is 15.7. The van der Waals surface area contributed by atoms with E-state index in [0.29, 0.717) is 19.6 Å². The van der Waals surface area contributed by atoms with Gasteiger partial charge in [-0.05, 0) is 26.3 Å². The highest BCUT2D eigenvalue weighted by Gasteiger charge is 2.22. The molecule has 1 aliphatic rings. The van der Waals surface area contributed by atoms with Crippen molar-refractivity contribution in [1.29, 1.82) is 5.26 Å². The van der Waals surface area contributed by atoms with Crippen molar-refractivity contribution in [3.05, 3.63) is 35.4 Å². The van der Waals surface area contributed by atoms with Crippen LogP contribution in [0.1, 0.15) is 25.0 Å². The van der Waals surface area contributed by atoms with Crippen LogP contribution in [0, 0.1) is 24.2 Å². The first-order chi connectivity index (χ1) is 12.0. The first kappa shape index (κ1) is 19.4. The van der Waals surface area contributed by atoms with Crippen LogP contribution in [-0.2, 0) is 11.3 Å². The van der Waals surface area contributed by atoms with E-state index < -0.39 is 0 Å². The third-order valence-electron chi connectivity index (χ3n) is 4.76. The molecule has 1 aromatic rings. The topological polar surface area (TPSA) is 50.6 Å². The average molecular weight is 342 g/mol. The standard InChI is InChI=1S/C20H30N4O/c1-4-24(14-18(3)13-21)20(25)16-23-10-8-22(9-11-23)15-19-7-5-6-17(2)12-19/h5-7,12,18H,4,8-11,14-16H2,1-3H3. The molecule has 1 atom stereocenters. The summed E-state index contributed by atoms with van der Waals surface area (Å²) in [5.41, 5.74) is 2.65. The normalized spacial score (nSPS) is 17.0. The quantitative estimate of drug-likeness (QED) is 0.762. The molecule has 1 amide bonds. The molecule has 1 heterocycles. The number of nitrogens with zero attached hydrogens (tertiary/aromatic N) is 4. The monoisotopic (exact) mass is 342 g/mol. The molecule has 0 N–H and O–H groups in total. The molecule has 136 valence electrons. The third kappa shape index (κ3) is 6.15. The lowest BCUT2D eigenvalue weighted by Crippen LogP contribution is -2.50. The Hall–Kier alpha value is -1.90. The fraction of sp³-hybridized carbons (Fsp3) is 0.600. The van der Waals surface area contributed by atoms with Crippen LogP contribution >= 0.6 is 0 Å². The van der Waals surface area contributed by atoms with E-state index in [1.54, 1.807) is 4.90 Å². The van der Waals surface area contributed by atoms with Crippen LogP contribution in [-0.4, -0.2) is 66.4 Å². The van der Waals surface area contributed by atoms with Crippen LogP contribution in [0.15, 0.2) is 24.3 Å². The van der Waals surface area contributed by atoms with Crippen molar-refractivity contribution in [2.24, 2.45) is 5.92 Å². The predicted octanol–water partition coefficient (Wildman–Crippen LogP) is 2.12. The van der Waals surface area contributed by atoms with Crippen LogP contribution in [0.3, 0.4) is 0 Å². The highest BCUT2D eigenvalue weighted by atomic mass is 16.2. The number of hydrogen-bond acceptors (Lipinski definition) is 4. The Morgan fingerprint density at radius 2 is 1.96 bits per heavy atom. The number of aryl methyl sites for hydroxylation is 1. The van der Waals surface area contributed by atoms with E-state index in [-0.39, 0.29) is 11.8 Å². The smallest absolute Gasteiger partial charge is 0.236 e. The molecule has 1 aromatic carbocycles. The van der Waals surface area contributed by atoms with Gasteiger partial charge in [-0.3, -0.25) is 14.6 Å². The Bertz CT molecular complexity index is 602. The second kappa shape index (κ2) is 9.55. The molecule has 0 spiro atoms. The summed E-state index contributed by atoms with van der Waals surface area (Å²) in [6.07, 6.45) is 0. The van der Waals surface area contributed by atoms with Gasteiger partial charge in [0.15, 0.2) is 0 Å². The van der Waals surface area contributed by atoms with Crippen molar-refractivity contribution in [2.45, 2.75) is 27.3 Å². The molecule has 5 nitrogen and oxygen atoms in total. The van der Waals surface area contributed by atoms with Crippen molar-refractivity contribution >= 4 is 5.91 Å². The maximum absolute atomic E-state index is 12.5. The second-order valence-corrected chi connectivity index (χ2v) is 7.00. The Morgan fingerprint density at radius 3 is 2.56 bits per heavy atom. The third-order valence-corrected chi connectivity index (χ3v) is 4.76. The molecular weight excluding hydrogens is 312 g/mol. The zero-order valence-electron chi connectivity index (χ0n) is 15.7. The molecule has 1 saturated heterocycles. The average Bonchev–Trinajstić information content (AvgIpc) is 2.61. The minimum Gasteiger partial charge on any atom is -0.341 e. The first-order valence-electron chi connectivity index (χ1n) is 9.19. The maximum Gasteiger partial charge on any atom is 0.236 e. The molecule has 1 fully saturated rings. The lowest BCUT2D eigenvalue weighted by molar-refractivity contribution is -0.133. The lowest BCUT2D eigenvalue weighted by Gasteiger charge is -2.35. The fourth-order valence-electron chi connectivity index (χ4n) is 3.24. The van der Waals surface area contributed by atoms with Gasteiger partial charge >= 0.3 is 0 Å². The molecule has 0 aliphatic carbocycles. The van der Waals surface area contributed by atoms with Crippen molar-refractivity contribution in [2.75, 3.05) is 45.8 Å². The van der Waals surface area contributed by atoms with Crippen molar-refractivity contribution in [3.8, 4) is 6.07 Å². The van der Waals surface area contributed by atoms with Crippen molar-refractivity contribution in [1.82, 2.24) is 14.7 Å². The molecule has 0 radical (unpaired) electrons. The number of benzene rings is 1. The van der Waals surface area contributed by atoms with Crippen LogP contribution in [0.4, 0.5) is 0 Å². The van der Waals surface area contributed by atoms with Gasteiger partial charge in [0.1, 0.15) is 0 Å². The number of amides is 1. The largest absolute Gasteiger partial charge is 0.341 e. The summed E-state index contributed by atoms with van der Waals surface area (Å²) >= 11 is 0. The molecule has 2 rings (SSSR count). The van der Waals surface area contributed by atoms with E-state index >= 15 is 0 Å². The van der Waals surface area contributed by atoms with E-state index in [2.05, 4.69) is 47.1 Å². The Kier molecular flexibility index (Phi) is 7.42. The van der Waals surface area contributed by atoms with E-state index in [9.17, 15) is 4.79 Å². The van der Waals surface area contributed by atoms with Gasteiger partial charge in [0.25, 0.3) is 0 Å². The van der Waals surface area contributed by atoms with Gasteiger partial charge in [-0.1, -0.05) is 29.8 Å². The van der Waals surface area contributed by atoms with Crippen LogP contribution < -0.4 is 0 Å². The molecule has 5 heteroatoms. The summed E-state index contributed by atoms with van der Waals surface area (Å²) in [6, 6.07) is 10.9. The minimum absolute atomic E-state index is 0.116. The summed E-state index contributed by atoms with van der Waals surface area (Å²) in [7, 11) is 0. The second-order valence-electron chi connectivity index (χ2n) is 7.00. The minimum atomic E-state index is -0.116. The van der Waals surface area contributed by atoms with E-state index in [1.165, 1.54) is 11.1 Å². The highest BCUT2D eigenvalue weighted by molar-refractivity contribution is 5.78. The number of carbonyl (C=O) groups is 1. The summed E-state index contributed by atoms with van der Waals surface area (Å²) in [5, 5.41) is 8.95. The van der Waals surface area contributed by atoms with Crippen LogP contribution in [0.25, 0.3) is 0 Å². The van der Waals surface area contributed by atoms with Gasteiger partial charge in [0, 0.05) is 45.8 Å². The van der Waals surface area contributed by atoms with Gasteiger partial charge in [0.05, 0.1) is 18.5 Å². The summed E-state index contributed by atoms with van der Waals surface area (Å²) in [5.74, 6) is 0.0202. The Morgan fingerprint density at radius 1 is 1.28 bits per heavy atom.